The number of halogens is 1. The summed E-state index contributed by atoms with van der Waals surface area (Å²) < 4.78 is 16.3. The van der Waals surface area contributed by atoms with Crippen molar-refractivity contribution in [1.82, 2.24) is 0 Å². The van der Waals surface area contributed by atoms with Gasteiger partial charge in [-0.15, -0.1) is 0 Å². The normalized spacial score (nSPS) is 19.5. The molecule has 1 aromatic carbocycles. The molecule has 0 radical (unpaired) electrons. The van der Waals surface area contributed by atoms with Gasteiger partial charge in [-0.25, -0.2) is 4.21 Å². The molecule has 0 bridgehead atoms. The molecule has 1 atom stereocenters. The summed E-state index contributed by atoms with van der Waals surface area (Å²) in [6.07, 6.45) is 2.41. The van der Waals surface area contributed by atoms with Crippen LogP contribution >= 0.6 is 15.9 Å². The molecule has 0 amide bonds. The van der Waals surface area contributed by atoms with Crippen molar-refractivity contribution < 1.29 is 4.21 Å². The van der Waals surface area contributed by atoms with Crippen molar-refractivity contribution in [2.75, 3.05) is 18.1 Å². The molecule has 0 aliphatic carbocycles. The van der Waals surface area contributed by atoms with E-state index in [0.29, 0.717) is 0 Å². The van der Waals surface area contributed by atoms with Crippen LogP contribution in [0.3, 0.4) is 0 Å². The molecule has 1 aromatic rings. The van der Waals surface area contributed by atoms with Crippen molar-refractivity contribution in [2.24, 2.45) is 4.40 Å². The summed E-state index contributed by atoms with van der Waals surface area (Å²) in [5.74, 6) is 0. The number of fused-ring (bicyclic) bond motifs is 1. The molecule has 0 spiro atoms. The number of hydrogen-bond acceptors (Lipinski definition) is 2. The van der Waals surface area contributed by atoms with Crippen LogP contribution in [0.1, 0.15) is 12.0 Å². The number of benzene rings is 1. The standard InChI is InChI=1S/C10H11BrN2OS/c1-15(14)13-9-5-6-12-10-7(9)3-2-4-8(10)11/h2-4,12H,5-6H2,1H3/b13-9+/t15-/m1/s1. The van der Waals surface area contributed by atoms with E-state index in [4.69, 9.17) is 0 Å². The zero-order chi connectivity index (χ0) is 10.8. The minimum Gasteiger partial charge on any atom is -0.383 e. The van der Waals surface area contributed by atoms with E-state index in [1.807, 2.05) is 18.2 Å². The second-order valence-electron chi connectivity index (χ2n) is 3.30. The van der Waals surface area contributed by atoms with E-state index in [1.165, 1.54) is 0 Å². The number of nitrogens with zero attached hydrogens (tertiary/aromatic N) is 1. The first-order valence-corrected chi connectivity index (χ1v) is 6.93. The molecule has 1 aliphatic rings. The Balaban J connectivity index is 2.52. The summed E-state index contributed by atoms with van der Waals surface area (Å²) in [6, 6.07) is 5.94. The van der Waals surface area contributed by atoms with Gasteiger partial charge in [0.2, 0.25) is 0 Å². The third-order valence-corrected chi connectivity index (χ3v) is 3.37. The smallest absolute Gasteiger partial charge is 0.136 e. The van der Waals surface area contributed by atoms with E-state index in [9.17, 15) is 4.21 Å². The third kappa shape index (κ3) is 2.29. The van der Waals surface area contributed by atoms with Gasteiger partial charge in [-0.3, -0.25) is 0 Å². The van der Waals surface area contributed by atoms with Crippen LogP contribution in [0.4, 0.5) is 5.69 Å². The molecule has 1 aliphatic heterocycles. The van der Waals surface area contributed by atoms with Crippen molar-refractivity contribution in [2.45, 2.75) is 6.42 Å². The second-order valence-corrected chi connectivity index (χ2v) is 5.19. The Kier molecular flexibility index (Phi) is 3.21. The van der Waals surface area contributed by atoms with Gasteiger partial charge in [-0.1, -0.05) is 12.1 Å². The van der Waals surface area contributed by atoms with E-state index in [2.05, 4.69) is 25.6 Å². The Labute approximate surface area is 99.7 Å². The SMILES string of the molecule is C[S@@](=O)/N=C1\CCNc2c(Br)cccc21. The predicted octanol–water partition coefficient (Wildman–Crippen LogP) is 2.35. The van der Waals surface area contributed by atoms with Gasteiger partial charge in [0.25, 0.3) is 0 Å². The highest BCUT2D eigenvalue weighted by atomic mass is 79.9. The first kappa shape index (κ1) is 10.8. The molecule has 0 fully saturated rings. The Hall–Kier alpha value is -0.680. The molecular weight excluding hydrogens is 276 g/mol. The van der Waals surface area contributed by atoms with E-state index in [1.54, 1.807) is 6.26 Å². The first-order valence-electron chi connectivity index (χ1n) is 4.62. The number of hydrogen-bond donors (Lipinski definition) is 1. The van der Waals surface area contributed by atoms with E-state index < -0.39 is 11.0 Å². The molecule has 1 heterocycles. The van der Waals surface area contributed by atoms with Crippen LogP contribution in [0.2, 0.25) is 0 Å². The highest BCUT2D eigenvalue weighted by Crippen LogP contribution is 2.30. The Morgan fingerprint density at radius 1 is 1.53 bits per heavy atom. The maximum absolute atomic E-state index is 11.1. The molecule has 80 valence electrons. The largest absolute Gasteiger partial charge is 0.383 e. The van der Waals surface area contributed by atoms with Gasteiger partial charge in [0.05, 0.1) is 11.4 Å². The summed E-state index contributed by atoms with van der Waals surface area (Å²) >= 11 is 3.48. The van der Waals surface area contributed by atoms with Crippen LogP contribution in [0.5, 0.6) is 0 Å². The molecule has 0 aromatic heterocycles. The lowest BCUT2D eigenvalue weighted by Gasteiger charge is -2.20. The topological polar surface area (TPSA) is 41.5 Å². The zero-order valence-electron chi connectivity index (χ0n) is 8.29. The van der Waals surface area contributed by atoms with Gasteiger partial charge in [0, 0.05) is 29.3 Å². The number of para-hydroxylation sites is 1. The Bertz CT molecular complexity index is 445. The average molecular weight is 287 g/mol. The number of anilines is 1. The van der Waals surface area contributed by atoms with Crippen LogP contribution in [0.15, 0.2) is 27.1 Å². The summed E-state index contributed by atoms with van der Waals surface area (Å²) in [7, 11) is -1.13. The second kappa shape index (κ2) is 4.45. The molecule has 5 heteroatoms. The van der Waals surface area contributed by atoms with Gasteiger partial charge >= 0.3 is 0 Å². The first-order chi connectivity index (χ1) is 7.18. The van der Waals surface area contributed by atoms with Crippen LogP contribution in [-0.2, 0) is 11.0 Å². The lowest BCUT2D eigenvalue weighted by atomic mass is 10.0. The number of rotatable bonds is 1. The van der Waals surface area contributed by atoms with Gasteiger partial charge in [-0.05, 0) is 22.0 Å². The fourth-order valence-electron chi connectivity index (χ4n) is 1.63. The molecular formula is C10H11BrN2OS. The monoisotopic (exact) mass is 286 g/mol. The average Bonchev–Trinajstić information content (AvgIpc) is 2.19. The third-order valence-electron chi connectivity index (χ3n) is 2.23. The van der Waals surface area contributed by atoms with Crippen molar-refractivity contribution in [1.29, 1.82) is 0 Å². The molecule has 2 rings (SSSR count). The van der Waals surface area contributed by atoms with Crippen LogP contribution in [0, 0.1) is 0 Å². The van der Waals surface area contributed by atoms with Crippen molar-refractivity contribution in [3.8, 4) is 0 Å². The Morgan fingerprint density at radius 2 is 2.33 bits per heavy atom. The summed E-state index contributed by atoms with van der Waals surface area (Å²) in [4.78, 5) is 0. The summed E-state index contributed by atoms with van der Waals surface area (Å²) in [6.45, 7) is 0.839. The molecule has 1 N–H and O–H groups in total. The minimum absolute atomic E-state index is 0.822. The molecule has 3 nitrogen and oxygen atoms in total. The summed E-state index contributed by atoms with van der Waals surface area (Å²) in [5.41, 5.74) is 3.02. The van der Waals surface area contributed by atoms with Crippen molar-refractivity contribution in [3.63, 3.8) is 0 Å². The van der Waals surface area contributed by atoms with Gasteiger partial charge in [0.15, 0.2) is 0 Å². The highest BCUT2D eigenvalue weighted by Gasteiger charge is 2.17. The fraction of sp³-hybridized carbons (Fsp3) is 0.300. The van der Waals surface area contributed by atoms with Crippen molar-refractivity contribution >= 4 is 38.3 Å². The van der Waals surface area contributed by atoms with E-state index >= 15 is 0 Å². The Morgan fingerprint density at radius 3 is 3.07 bits per heavy atom. The predicted molar refractivity (Wildman–Crippen MR) is 67.9 cm³/mol. The van der Waals surface area contributed by atoms with Gasteiger partial charge in [-0.2, -0.15) is 4.40 Å². The van der Waals surface area contributed by atoms with E-state index in [0.717, 1.165) is 34.4 Å². The fourth-order valence-corrected chi connectivity index (χ4v) is 2.64. The van der Waals surface area contributed by atoms with E-state index in [-0.39, 0.29) is 0 Å². The zero-order valence-corrected chi connectivity index (χ0v) is 10.7. The minimum atomic E-state index is -1.13. The molecule has 0 saturated heterocycles. The maximum atomic E-state index is 11.1. The van der Waals surface area contributed by atoms with Crippen LogP contribution < -0.4 is 5.32 Å². The molecule has 0 unspecified atom stereocenters. The quantitative estimate of drug-likeness (QED) is 0.861. The van der Waals surface area contributed by atoms with Crippen LogP contribution in [-0.4, -0.2) is 22.7 Å². The maximum Gasteiger partial charge on any atom is 0.136 e. The van der Waals surface area contributed by atoms with Crippen LogP contribution in [0.25, 0.3) is 0 Å². The lowest BCUT2D eigenvalue weighted by molar-refractivity contribution is 0.688. The summed E-state index contributed by atoms with van der Waals surface area (Å²) in [5, 5.41) is 3.31. The number of nitrogens with one attached hydrogen (secondary N) is 1. The lowest BCUT2D eigenvalue weighted by Crippen LogP contribution is -2.19. The van der Waals surface area contributed by atoms with Gasteiger partial charge in [0.1, 0.15) is 11.0 Å². The highest BCUT2D eigenvalue weighted by molar-refractivity contribution is 9.10. The molecule has 15 heavy (non-hydrogen) atoms. The molecule has 0 saturated carbocycles. The van der Waals surface area contributed by atoms with Gasteiger partial charge < -0.3 is 5.32 Å². The van der Waals surface area contributed by atoms with Crippen molar-refractivity contribution in [3.05, 3.63) is 28.2 Å².